The molecule has 0 aliphatic carbocycles. The highest BCUT2D eigenvalue weighted by Crippen LogP contribution is 2.18. The van der Waals surface area contributed by atoms with Crippen LogP contribution in [0.1, 0.15) is 16.7 Å². The van der Waals surface area contributed by atoms with E-state index in [4.69, 9.17) is 0 Å². The Kier molecular flexibility index (Phi) is 6.46. The van der Waals surface area contributed by atoms with Gasteiger partial charge < -0.3 is 15.1 Å². The Morgan fingerprint density at radius 1 is 1.07 bits per heavy atom. The fraction of sp³-hybridized carbons (Fsp3) is 0.304. The third-order valence-electron chi connectivity index (χ3n) is 5.01. The molecule has 3 rings (SSSR count). The summed E-state index contributed by atoms with van der Waals surface area (Å²) in [6.45, 7) is 6.56. The highest BCUT2D eigenvalue weighted by atomic mass is 16.1. The minimum Gasteiger partial charge on any atom is -0.369 e. The van der Waals surface area contributed by atoms with Crippen molar-refractivity contribution in [2.75, 3.05) is 38.1 Å². The largest absolute Gasteiger partial charge is 0.369 e. The first-order chi connectivity index (χ1) is 13.5. The van der Waals surface area contributed by atoms with Crippen LogP contribution in [-0.2, 0) is 11.3 Å². The molecule has 1 N–H and O–H groups in total. The van der Waals surface area contributed by atoms with Gasteiger partial charge in [-0.05, 0) is 43.3 Å². The Bertz CT molecular complexity index is 870. The summed E-state index contributed by atoms with van der Waals surface area (Å²) in [7, 11) is 2.14. The lowest BCUT2D eigenvalue weighted by atomic mass is 10.1. The normalized spacial score (nSPS) is 15.2. The van der Waals surface area contributed by atoms with Crippen LogP contribution in [0, 0.1) is 18.3 Å². The first kappa shape index (κ1) is 19.7. The number of nitriles is 1. The van der Waals surface area contributed by atoms with Gasteiger partial charge in [-0.3, -0.25) is 4.79 Å². The molecule has 144 valence electrons. The third kappa shape index (κ3) is 5.21. The van der Waals surface area contributed by atoms with Gasteiger partial charge >= 0.3 is 0 Å². The van der Waals surface area contributed by atoms with Gasteiger partial charge in [-0.1, -0.05) is 42.0 Å². The molecular weight excluding hydrogens is 348 g/mol. The summed E-state index contributed by atoms with van der Waals surface area (Å²) in [5.41, 5.74) is 4.31. The third-order valence-corrected chi connectivity index (χ3v) is 5.01. The quantitative estimate of drug-likeness (QED) is 0.646. The summed E-state index contributed by atoms with van der Waals surface area (Å²) in [6.07, 6.45) is 1.64. The van der Waals surface area contributed by atoms with Crippen LogP contribution in [0.3, 0.4) is 0 Å². The van der Waals surface area contributed by atoms with Gasteiger partial charge in [0.2, 0.25) is 0 Å². The predicted octanol–water partition coefficient (Wildman–Crippen LogP) is 2.97. The lowest BCUT2D eigenvalue weighted by molar-refractivity contribution is -0.117. The van der Waals surface area contributed by atoms with Gasteiger partial charge in [-0.15, -0.1) is 0 Å². The number of nitrogens with one attached hydrogen (secondary N) is 1. The molecule has 1 amide bonds. The van der Waals surface area contributed by atoms with E-state index in [2.05, 4.69) is 34.3 Å². The highest BCUT2D eigenvalue weighted by molar-refractivity contribution is 6.01. The monoisotopic (exact) mass is 374 g/mol. The van der Waals surface area contributed by atoms with Crippen molar-refractivity contribution in [2.45, 2.75) is 13.5 Å². The molecule has 0 spiro atoms. The molecule has 0 radical (unpaired) electrons. The average molecular weight is 374 g/mol. The van der Waals surface area contributed by atoms with Gasteiger partial charge in [-0.2, -0.15) is 5.26 Å². The molecule has 2 aromatic carbocycles. The topological polar surface area (TPSA) is 59.4 Å². The summed E-state index contributed by atoms with van der Waals surface area (Å²) in [5, 5.41) is 12.2. The lowest BCUT2D eigenvalue weighted by Gasteiger charge is -2.34. The molecule has 0 saturated carbocycles. The molecule has 1 aliphatic heterocycles. The molecule has 0 bridgehead atoms. The molecule has 1 heterocycles. The molecule has 5 heteroatoms. The zero-order chi connectivity index (χ0) is 19.9. The predicted molar refractivity (Wildman–Crippen MR) is 113 cm³/mol. The summed E-state index contributed by atoms with van der Waals surface area (Å²) >= 11 is 0. The maximum atomic E-state index is 12.3. The summed E-state index contributed by atoms with van der Waals surface area (Å²) < 4.78 is 0. The first-order valence-corrected chi connectivity index (χ1v) is 9.54. The van der Waals surface area contributed by atoms with Gasteiger partial charge in [0.1, 0.15) is 11.6 Å². The standard InChI is InChI=1S/C23H26N4O/c1-18-3-5-20(6-4-18)17-25-23(28)21(16-24)15-19-7-9-22(10-8-19)27-13-11-26(2)12-14-27/h3-10,15H,11-14,17H2,1-2H3,(H,25,28)/b21-15+. The fourth-order valence-electron chi connectivity index (χ4n) is 3.14. The van der Waals surface area contributed by atoms with Crippen LogP contribution >= 0.6 is 0 Å². The molecule has 5 nitrogen and oxygen atoms in total. The van der Waals surface area contributed by atoms with Crippen molar-refractivity contribution in [3.8, 4) is 6.07 Å². The van der Waals surface area contributed by atoms with Crippen LogP contribution in [0.2, 0.25) is 0 Å². The molecular formula is C23H26N4O. The van der Waals surface area contributed by atoms with Gasteiger partial charge in [0.15, 0.2) is 0 Å². The number of likely N-dealkylation sites (N-methyl/N-ethyl adjacent to an activating group) is 1. The van der Waals surface area contributed by atoms with E-state index in [1.54, 1.807) is 6.08 Å². The zero-order valence-electron chi connectivity index (χ0n) is 16.5. The van der Waals surface area contributed by atoms with E-state index in [1.807, 2.05) is 49.4 Å². The van der Waals surface area contributed by atoms with E-state index >= 15 is 0 Å². The van der Waals surface area contributed by atoms with Crippen molar-refractivity contribution in [1.82, 2.24) is 10.2 Å². The summed E-state index contributed by atoms with van der Waals surface area (Å²) in [6, 6.07) is 18.0. The van der Waals surface area contributed by atoms with Crippen molar-refractivity contribution >= 4 is 17.7 Å². The maximum Gasteiger partial charge on any atom is 0.262 e. The second kappa shape index (κ2) is 9.20. The second-order valence-electron chi connectivity index (χ2n) is 7.22. The van der Waals surface area contributed by atoms with Gasteiger partial charge in [0.25, 0.3) is 5.91 Å². The Morgan fingerprint density at radius 3 is 2.32 bits per heavy atom. The summed E-state index contributed by atoms with van der Waals surface area (Å²) in [5.74, 6) is -0.355. The van der Waals surface area contributed by atoms with Gasteiger partial charge in [0.05, 0.1) is 0 Å². The molecule has 0 unspecified atom stereocenters. The van der Waals surface area contributed by atoms with Gasteiger partial charge in [0, 0.05) is 38.4 Å². The van der Waals surface area contributed by atoms with Crippen LogP contribution in [0.5, 0.6) is 0 Å². The number of nitrogens with zero attached hydrogens (tertiary/aromatic N) is 3. The number of aryl methyl sites for hydroxylation is 1. The van der Waals surface area contributed by atoms with Crippen LogP contribution < -0.4 is 10.2 Å². The molecule has 0 atom stereocenters. The number of carbonyl (C=O) groups excluding carboxylic acids is 1. The number of rotatable bonds is 5. The Balaban J connectivity index is 1.62. The lowest BCUT2D eigenvalue weighted by Crippen LogP contribution is -2.44. The van der Waals surface area contributed by atoms with Gasteiger partial charge in [-0.25, -0.2) is 0 Å². The van der Waals surface area contributed by atoms with Crippen molar-refractivity contribution < 1.29 is 4.79 Å². The zero-order valence-corrected chi connectivity index (χ0v) is 16.5. The Hall–Kier alpha value is -3.10. The number of amides is 1. The SMILES string of the molecule is Cc1ccc(CNC(=O)/C(C#N)=C/c2ccc(N3CCN(C)CC3)cc2)cc1. The Labute approximate surface area is 166 Å². The fourth-order valence-corrected chi connectivity index (χ4v) is 3.14. The van der Waals surface area contributed by atoms with Crippen LogP contribution in [0.15, 0.2) is 54.1 Å². The number of hydrogen-bond acceptors (Lipinski definition) is 4. The van der Waals surface area contributed by atoms with Crippen molar-refractivity contribution in [3.63, 3.8) is 0 Å². The minimum atomic E-state index is -0.355. The molecule has 1 saturated heterocycles. The first-order valence-electron chi connectivity index (χ1n) is 9.54. The molecule has 0 aromatic heterocycles. The minimum absolute atomic E-state index is 0.111. The Morgan fingerprint density at radius 2 is 1.71 bits per heavy atom. The summed E-state index contributed by atoms with van der Waals surface area (Å²) in [4.78, 5) is 17.0. The van der Waals surface area contributed by atoms with Crippen LogP contribution in [0.4, 0.5) is 5.69 Å². The van der Waals surface area contributed by atoms with Crippen molar-refractivity contribution in [3.05, 3.63) is 70.8 Å². The highest BCUT2D eigenvalue weighted by Gasteiger charge is 2.14. The van der Waals surface area contributed by atoms with E-state index in [0.29, 0.717) is 6.54 Å². The smallest absolute Gasteiger partial charge is 0.262 e. The van der Waals surface area contributed by atoms with Crippen LogP contribution in [0.25, 0.3) is 6.08 Å². The molecule has 1 aliphatic rings. The van der Waals surface area contributed by atoms with E-state index in [-0.39, 0.29) is 11.5 Å². The molecule has 1 fully saturated rings. The molecule has 28 heavy (non-hydrogen) atoms. The second-order valence-corrected chi connectivity index (χ2v) is 7.22. The number of benzene rings is 2. The number of piperazine rings is 1. The maximum absolute atomic E-state index is 12.3. The van der Waals surface area contributed by atoms with Crippen molar-refractivity contribution in [1.29, 1.82) is 5.26 Å². The van der Waals surface area contributed by atoms with Crippen LogP contribution in [-0.4, -0.2) is 44.0 Å². The van der Waals surface area contributed by atoms with Crippen molar-refractivity contribution in [2.24, 2.45) is 0 Å². The number of carbonyl (C=O) groups is 1. The van der Waals surface area contributed by atoms with E-state index in [9.17, 15) is 10.1 Å². The van der Waals surface area contributed by atoms with E-state index in [0.717, 1.165) is 37.3 Å². The number of anilines is 1. The number of hydrogen-bond donors (Lipinski definition) is 1. The van der Waals surface area contributed by atoms with E-state index in [1.165, 1.54) is 11.3 Å². The van der Waals surface area contributed by atoms with E-state index < -0.39 is 0 Å². The average Bonchev–Trinajstić information content (AvgIpc) is 2.72. The molecule has 2 aromatic rings.